The zero-order valence-electron chi connectivity index (χ0n) is 14.1. The summed E-state index contributed by atoms with van der Waals surface area (Å²) in [6.07, 6.45) is 1.27. The Morgan fingerprint density at radius 2 is 2.09 bits per heavy atom. The molecule has 0 bridgehead atoms. The van der Waals surface area contributed by atoms with Crippen LogP contribution in [0.15, 0.2) is 30.6 Å². The van der Waals surface area contributed by atoms with Crippen molar-refractivity contribution in [2.75, 3.05) is 5.32 Å². The van der Waals surface area contributed by atoms with Crippen molar-refractivity contribution in [2.45, 2.75) is 46.4 Å². The van der Waals surface area contributed by atoms with Gasteiger partial charge in [-0.2, -0.15) is 0 Å². The molecular weight excluding hydrogens is 292 g/mol. The molecule has 0 aliphatic heterocycles. The second-order valence-electron chi connectivity index (χ2n) is 6.38. The van der Waals surface area contributed by atoms with Crippen molar-refractivity contribution in [3.63, 3.8) is 0 Å². The van der Waals surface area contributed by atoms with Crippen LogP contribution in [0.2, 0.25) is 0 Å². The maximum Gasteiger partial charge on any atom is 0.407 e. The summed E-state index contributed by atoms with van der Waals surface area (Å²) in [4.78, 5) is 19.0. The topological polar surface area (TPSA) is 79.0 Å². The van der Waals surface area contributed by atoms with Gasteiger partial charge in [-0.15, -0.1) is 0 Å². The molecule has 0 unspecified atom stereocenters. The van der Waals surface area contributed by atoms with Crippen LogP contribution < -0.4 is 10.6 Å². The van der Waals surface area contributed by atoms with Gasteiger partial charge in [0.1, 0.15) is 5.60 Å². The Balaban J connectivity index is 1.87. The number of rotatable bonds is 5. The number of anilines is 1. The van der Waals surface area contributed by atoms with E-state index in [9.17, 15) is 4.79 Å². The van der Waals surface area contributed by atoms with Crippen molar-refractivity contribution < 1.29 is 9.53 Å². The number of aryl methyl sites for hydroxylation is 1. The van der Waals surface area contributed by atoms with E-state index in [0.29, 0.717) is 13.1 Å². The highest BCUT2D eigenvalue weighted by atomic mass is 16.6. The third-order valence-electron chi connectivity index (χ3n) is 3.16. The van der Waals surface area contributed by atoms with E-state index in [-0.39, 0.29) is 0 Å². The molecule has 0 saturated carbocycles. The summed E-state index contributed by atoms with van der Waals surface area (Å²) in [7, 11) is 0. The number of carbonyl (C=O) groups is 1. The molecule has 23 heavy (non-hydrogen) atoms. The number of aromatic amines is 1. The van der Waals surface area contributed by atoms with Crippen LogP contribution >= 0.6 is 0 Å². The SMILES string of the molecule is Cc1[nH]cnc1CNc1cccc(CNC(=O)OC(C)(C)C)c1. The number of hydrogen-bond donors (Lipinski definition) is 3. The van der Waals surface area contributed by atoms with Gasteiger partial charge in [0.15, 0.2) is 0 Å². The molecule has 0 radical (unpaired) electrons. The first-order chi connectivity index (χ1) is 10.8. The smallest absolute Gasteiger partial charge is 0.407 e. The van der Waals surface area contributed by atoms with E-state index < -0.39 is 11.7 Å². The molecular formula is C17H24N4O2. The Labute approximate surface area is 136 Å². The Bertz CT molecular complexity index is 659. The summed E-state index contributed by atoms with van der Waals surface area (Å²) in [5.41, 5.74) is 3.53. The third kappa shape index (κ3) is 5.65. The van der Waals surface area contributed by atoms with Crippen molar-refractivity contribution in [1.82, 2.24) is 15.3 Å². The van der Waals surface area contributed by atoms with Crippen molar-refractivity contribution in [1.29, 1.82) is 0 Å². The number of benzene rings is 1. The van der Waals surface area contributed by atoms with E-state index in [1.54, 1.807) is 6.33 Å². The van der Waals surface area contributed by atoms with Gasteiger partial charge in [-0.25, -0.2) is 9.78 Å². The van der Waals surface area contributed by atoms with Crippen molar-refractivity contribution in [3.05, 3.63) is 47.5 Å². The fraction of sp³-hybridized carbons (Fsp3) is 0.412. The molecule has 124 valence electrons. The molecule has 0 atom stereocenters. The number of amides is 1. The van der Waals surface area contributed by atoms with Gasteiger partial charge in [0.25, 0.3) is 0 Å². The molecule has 2 rings (SSSR count). The lowest BCUT2D eigenvalue weighted by atomic mass is 10.2. The van der Waals surface area contributed by atoms with E-state index in [1.807, 2.05) is 52.0 Å². The van der Waals surface area contributed by atoms with Crippen LogP contribution in [0.25, 0.3) is 0 Å². The number of nitrogens with one attached hydrogen (secondary N) is 3. The Morgan fingerprint density at radius 3 is 2.74 bits per heavy atom. The lowest BCUT2D eigenvalue weighted by Gasteiger charge is -2.19. The maximum atomic E-state index is 11.7. The first-order valence-corrected chi connectivity index (χ1v) is 7.62. The predicted molar refractivity (Wildman–Crippen MR) is 90.2 cm³/mol. The largest absolute Gasteiger partial charge is 0.444 e. The molecule has 0 aliphatic rings. The van der Waals surface area contributed by atoms with Crippen molar-refractivity contribution in [2.24, 2.45) is 0 Å². The Kier molecular flexibility index (Phi) is 5.26. The van der Waals surface area contributed by atoms with Crippen molar-refractivity contribution >= 4 is 11.8 Å². The molecule has 1 amide bonds. The molecule has 6 heteroatoms. The molecule has 0 spiro atoms. The van der Waals surface area contributed by atoms with Gasteiger partial charge in [-0.05, 0) is 45.4 Å². The summed E-state index contributed by atoms with van der Waals surface area (Å²) in [6, 6.07) is 7.90. The molecule has 1 aromatic carbocycles. The first-order valence-electron chi connectivity index (χ1n) is 7.62. The Hall–Kier alpha value is -2.50. The summed E-state index contributed by atoms with van der Waals surface area (Å²) in [6.45, 7) is 8.59. The van der Waals surface area contributed by atoms with Crippen molar-refractivity contribution in [3.8, 4) is 0 Å². The van der Waals surface area contributed by atoms with Gasteiger partial charge < -0.3 is 20.4 Å². The molecule has 1 heterocycles. The average Bonchev–Trinajstić information content (AvgIpc) is 2.87. The zero-order valence-corrected chi connectivity index (χ0v) is 14.1. The number of alkyl carbamates (subject to hydrolysis) is 1. The highest BCUT2D eigenvalue weighted by Gasteiger charge is 2.15. The number of aromatic nitrogens is 2. The zero-order chi connectivity index (χ0) is 16.9. The van der Waals surface area contributed by atoms with Crippen LogP contribution in [0.5, 0.6) is 0 Å². The number of hydrogen-bond acceptors (Lipinski definition) is 4. The minimum atomic E-state index is -0.491. The standard InChI is InChI=1S/C17H24N4O2/c1-12-15(21-11-20-12)10-18-14-7-5-6-13(8-14)9-19-16(22)23-17(2,3)4/h5-8,11,18H,9-10H2,1-4H3,(H,19,22)(H,20,21). The molecule has 0 fully saturated rings. The number of imidazole rings is 1. The minimum Gasteiger partial charge on any atom is -0.444 e. The molecule has 2 aromatic rings. The van der Waals surface area contributed by atoms with Gasteiger partial charge in [0, 0.05) is 17.9 Å². The lowest BCUT2D eigenvalue weighted by Crippen LogP contribution is -2.32. The maximum absolute atomic E-state index is 11.7. The van der Waals surface area contributed by atoms with E-state index in [4.69, 9.17) is 4.74 Å². The normalized spacial score (nSPS) is 11.1. The van der Waals surface area contributed by atoms with Crippen LogP contribution in [0, 0.1) is 6.92 Å². The monoisotopic (exact) mass is 316 g/mol. The van der Waals surface area contributed by atoms with Gasteiger partial charge in [-0.1, -0.05) is 12.1 Å². The van der Waals surface area contributed by atoms with E-state index in [0.717, 1.165) is 22.6 Å². The summed E-state index contributed by atoms with van der Waals surface area (Å²) in [5.74, 6) is 0. The number of H-pyrrole nitrogens is 1. The number of ether oxygens (including phenoxy) is 1. The third-order valence-corrected chi connectivity index (χ3v) is 3.16. The molecule has 0 aliphatic carbocycles. The predicted octanol–water partition coefficient (Wildman–Crippen LogP) is 3.35. The molecule has 0 saturated heterocycles. The number of carbonyl (C=O) groups excluding carboxylic acids is 1. The van der Waals surface area contributed by atoms with Crippen LogP contribution in [-0.4, -0.2) is 21.7 Å². The molecule has 1 aromatic heterocycles. The minimum absolute atomic E-state index is 0.414. The summed E-state index contributed by atoms with van der Waals surface area (Å²) < 4.78 is 5.22. The van der Waals surface area contributed by atoms with Gasteiger partial charge in [0.2, 0.25) is 0 Å². The van der Waals surface area contributed by atoms with E-state index in [1.165, 1.54) is 0 Å². The van der Waals surface area contributed by atoms with E-state index in [2.05, 4.69) is 20.6 Å². The Morgan fingerprint density at radius 1 is 1.30 bits per heavy atom. The average molecular weight is 316 g/mol. The quantitative estimate of drug-likeness (QED) is 0.790. The highest BCUT2D eigenvalue weighted by molar-refractivity contribution is 5.67. The van der Waals surface area contributed by atoms with Gasteiger partial charge in [0.05, 0.1) is 18.6 Å². The highest BCUT2D eigenvalue weighted by Crippen LogP contribution is 2.13. The second kappa shape index (κ2) is 7.17. The second-order valence-corrected chi connectivity index (χ2v) is 6.38. The van der Waals surface area contributed by atoms with Gasteiger partial charge in [-0.3, -0.25) is 0 Å². The van der Waals surface area contributed by atoms with Crippen LogP contribution in [0.1, 0.15) is 37.7 Å². The fourth-order valence-electron chi connectivity index (χ4n) is 2.03. The first kappa shape index (κ1) is 16.9. The fourth-order valence-corrected chi connectivity index (χ4v) is 2.03. The summed E-state index contributed by atoms with van der Waals surface area (Å²) >= 11 is 0. The van der Waals surface area contributed by atoms with E-state index >= 15 is 0 Å². The van der Waals surface area contributed by atoms with Crippen LogP contribution in [0.4, 0.5) is 10.5 Å². The van der Waals surface area contributed by atoms with Crippen LogP contribution in [-0.2, 0) is 17.8 Å². The van der Waals surface area contributed by atoms with Gasteiger partial charge >= 0.3 is 6.09 Å². The lowest BCUT2D eigenvalue weighted by molar-refractivity contribution is 0.0523. The summed E-state index contributed by atoms with van der Waals surface area (Å²) in [5, 5.41) is 6.08. The van der Waals surface area contributed by atoms with Crippen LogP contribution in [0.3, 0.4) is 0 Å². The molecule has 3 N–H and O–H groups in total. The molecule has 6 nitrogen and oxygen atoms in total. The number of nitrogens with zero attached hydrogens (tertiary/aromatic N) is 1.